The highest BCUT2D eigenvalue weighted by Gasteiger charge is 2.47. The zero-order chi connectivity index (χ0) is 69.3. The molecule has 102 heavy (non-hydrogen) atoms. The van der Waals surface area contributed by atoms with E-state index in [0.29, 0.717) is 0 Å². The molecule has 0 saturated carbocycles. The summed E-state index contributed by atoms with van der Waals surface area (Å²) in [5.74, 6) is 0. The third-order valence-corrected chi connectivity index (χ3v) is 21.8. The van der Waals surface area contributed by atoms with E-state index in [1.165, 1.54) is 115 Å². The van der Waals surface area contributed by atoms with Crippen molar-refractivity contribution in [2.45, 2.75) is 78.6 Å². The third-order valence-electron chi connectivity index (χ3n) is 21.8. The number of aromatic nitrogens is 1. The summed E-state index contributed by atoms with van der Waals surface area (Å²) in [6.07, 6.45) is 0. The molecule has 3 nitrogen and oxygen atoms in total. The summed E-state index contributed by atoms with van der Waals surface area (Å²) < 4.78 is 2.51. The van der Waals surface area contributed by atoms with Crippen LogP contribution in [0.25, 0.3) is 116 Å². The first-order chi connectivity index (χ1) is 49.5. The molecular formula is C98H80BN3. The largest absolute Gasteiger partial charge is 0.310 e. The van der Waals surface area contributed by atoms with Gasteiger partial charge < -0.3 is 14.4 Å². The highest BCUT2D eigenvalue weighted by atomic mass is 15.2. The maximum Gasteiger partial charge on any atom is 0.252 e. The second-order valence-corrected chi connectivity index (χ2v) is 31.2. The van der Waals surface area contributed by atoms with Gasteiger partial charge in [0.2, 0.25) is 0 Å². The van der Waals surface area contributed by atoms with Crippen molar-refractivity contribution >= 4 is 101 Å². The van der Waals surface area contributed by atoms with Crippen molar-refractivity contribution in [3.8, 4) is 72.4 Å². The lowest BCUT2D eigenvalue weighted by Gasteiger charge is -2.47. The Labute approximate surface area is 600 Å². The third kappa shape index (κ3) is 10.2. The summed E-state index contributed by atoms with van der Waals surface area (Å²) in [5.41, 5.74) is 31.3. The zero-order valence-corrected chi connectivity index (χ0v) is 59.5. The Morgan fingerprint density at radius 1 is 0.245 bits per heavy atom. The van der Waals surface area contributed by atoms with Gasteiger partial charge in [-0.25, -0.2) is 0 Å². The van der Waals surface area contributed by atoms with Gasteiger partial charge in [0.15, 0.2) is 0 Å². The Bertz CT molecular complexity index is 5760. The van der Waals surface area contributed by atoms with Crippen molar-refractivity contribution in [3.63, 3.8) is 0 Å². The van der Waals surface area contributed by atoms with E-state index in [4.69, 9.17) is 0 Å². The van der Waals surface area contributed by atoms with E-state index in [-0.39, 0.29) is 23.0 Å². The van der Waals surface area contributed by atoms with Gasteiger partial charge in [-0.15, -0.1) is 0 Å². The van der Waals surface area contributed by atoms with Crippen LogP contribution in [0.3, 0.4) is 0 Å². The fourth-order valence-electron chi connectivity index (χ4n) is 16.7. The van der Waals surface area contributed by atoms with E-state index in [1.807, 2.05) is 0 Å². The number of rotatable bonds is 9. The van der Waals surface area contributed by atoms with Crippen LogP contribution in [0.5, 0.6) is 0 Å². The SMILES string of the molecule is CC(C)(C)c1cc(-c2ccccc2)c(N2c3cc(-c4c5ccccc5c(-c5ccccc5)c5ccccc45)ccc3B3c4ccc(-n5c6ccccc6c6ccccc65)cc4N(c4c(-c5ccccc5)cc(C(C)(C)C)cc4-c4ccccc4)c4cc(C(C)(C)C)cc2c43)c(-c2ccccc2)c1. The van der Waals surface area contributed by atoms with Crippen LogP contribution in [0.1, 0.15) is 79.0 Å². The molecule has 0 aliphatic carbocycles. The van der Waals surface area contributed by atoms with Gasteiger partial charge in [0.25, 0.3) is 6.71 Å². The first-order valence-electron chi connectivity index (χ1n) is 36.2. The monoisotopic (exact) mass is 1310 g/mol. The van der Waals surface area contributed by atoms with E-state index in [0.717, 1.165) is 67.6 Å². The molecule has 3 heterocycles. The maximum absolute atomic E-state index is 2.75. The standard InChI is InChI=1S/C98H80BN3/c1-96(2,3)69-56-79(63-33-15-10-16-34-63)94(80(57-69)64-35-17-11-18-36-64)101-87-55-68(92-77-47-27-25-45-75(77)91(67-41-23-14-24-42-67)76-46-26-28-48-78(76)92)51-53-83(87)99-84-54-52-72(100-85-49-31-29-43-73(85)74-44-30-32-50-86(74)100)62-88(84)102(90-61-71(98(7,8)9)60-89(101)93(90)99)95-81(65-37-19-12-20-38-65)58-70(97(4,5)6)59-82(95)66-39-21-13-22-40-66/h10-62H,1-9H3. The smallest absolute Gasteiger partial charge is 0.252 e. The van der Waals surface area contributed by atoms with Crippen LogP contribution in [0, 0.1) is 0 Å². The average Bonchev–Trinajstić information content (AvgIpc) is 0.716. The molecule has 2 aliphatic rings. The number of para-hydroxylation sites is 2. The summed E-state index contributed by atoms with van der Waals surface area (Å²) >= 11 is 0. The molecule has 16 aromatic rings. The molecule has 0 radical (unpaired) electrons. The predicted octanol–water partition coefficient (Wildman–Crippen LogP) is 25.1. The van der Waals surface area contributed by atoms with Gasteiger partial charge in [0, 0.05) is 61.5 Å². The molecule has 2 aliphatic heterocycles. The minimum Gasteiger partial charge on any atom is -0.310 e. The van der Waals surface area contributed by atoms with Crippen molar-refractivity contribution < 1.29 is 0 Å². The first kappa shape index (κ1) is 62.5. The molecule has 0 spiro atoms. The second-order valence-electron chi connectivity index (χ2n) is 31.2. The van der Waals surface area contributed by atoms with Gasteiger partial charge in [-0.1, -0.05) is 317 Å². The number of hydrogen-bond donors (Lipinski definition) is 0. The number of hydrogen-bond acceptors (Lipinski definition) is 2. The average molecular weight is 1310 g/mol. The second kappa shape index (κ2) is 24.0. The molecule has 1 aromatic heterocycles. The minimum absolute atomic E-state index is 0.188. The van der Waals surface area contributed by atoms with Gasteiger partial charge in [-0.3, -0.25) is 0 Å². The molecule has 0 N–H and O–H groups in total. The molecule has 490 valence electrons. The molecule has 0 fully saturated rings. The summed E-state index contributed by atoms with van der Waals surface area (Å²) in [5, 5.41) is 7.36. The van der Waals surface area contributed by atoms with Crippen LogP contribution in [0.2, 0.25) is 0 Å². The Balaban J connectivity index is 1.04. The van der Waals surface area contributed by atoms with Gasteiger partial charge in [-0.2, -0.15) is 0 Å². The summed E-state index contributed by atoms with van der Waals surface area (Å²) in [6, 6.07) is 122. The Morgan fingerprint density at radius 2 is 0.549 bits per heavy atom. The minimum atomic E-state index is -0.328. The quantitative estimate of drug-likeness (QED) is 0.105. The molecule has 0 saturated heterocycles. The van der Waals surface area contributed by atoms with Crippen LogP contribution in [-0.4, -0.2) is 11.3 Å². The van der Waals surface area contributed by atoms with E-state index < -0.39 is 0 Å². The Kier molecular flexibility index (Phi) is 14.7. The van der Waals surface area contributed by atoms with Gasteiger partial charge in [0.1, 0.15) is 0 Å². The first-order valence-corrected chi connectivity index (χ1v) is 36.2. The normalized spacial score (nSPS) is 12.9. The van der Waals surface area contributed by atoms with Crippen molar-refractivity contribution in [2.75, 3.05) is 9.80 Å². The molecule has 0 bridgehead atoms. The number of anilines is 6. The van der Waals surface area contributed by atoms with Crippen molar-refractivity contribution in [3.05, 3.63) is 338 Å². The van der Waals surface area contributed by atoms with Crippen molar-refractivity contribution in [1.82, 2.24) is 4.57 Å². The zero-order valence-electron chi connectivity index (χ0n) is 59.5. The van der Waals surface area contributed by atoms with Crippen LogP contribution in [0.15, 0.2) is 322 Å². The van der Waals surface area contributed by atoms with Gasteiger partial charge in [-0.05, 0) is 182 Å². The number of benzene rings is 15. The maximum atomic E-state index is 2.75. The van der Waals surface area contributed by atoms with Crippen molar-refractivity contribution in [1.29, 1.82) is 0 Å². The number of fused-ring (bicyclic) bond motifs is 9. The highest BCUT2D eigenvalue weighted by Crippen LogP contribution is 2.56. The number of nitrogens with zero attached hydrogens (tertiary/aromatic N) is 3. The van der Waals surface area contributed by atoms with E-state index in [2.05, 4.69) is 398 Å². The van der Waals surface area contributed by atoms with Crippen LogP contribution in [-0.2, 0) is 16.2 Å². The van der Waals surface area contributed by atoms with Crippen LogP contribution < -0.4 is 26.2 Å². The molecular weight excluding hydrogens is 1230 g/mol. The fraction of sp³-hybridized carbons (Fsp3) is 0.122. The van der Waals surface area contributed by atoms with Gasteiger partial charge in [0.05, 0.1) is 22.4 Å². The Hall–Kier alpha value is -11.7. The lowest BCUT2D eigenvalue weighted by Crippen LogP contribution is -2.61. The fourth-order valence-corrected chi connectivity index (χ4v) is 16.7. The molecule has 15 aromatic carbocycles. The van der Waals surface area contributed by atoms with E-state index in [1.54, 1.807) is 0 Å². The lowest BCUT2D eigenvalue weighted by molar-refractivity contribution is 0.590. The Morgan fingerprint density at radius 3 is 0.922 bits per heavy atom. The molecule has 4 heteroatoms. The predicted molar refractivity (Wildman–Crippen MR) is 439 cm³/mol. The summed E-state index contributed by atoms with van der Waals surface area (Å²) in [6.45, 7) is 21.1. The summed E-state index contributed by atoms with van der Waals surface area (Å²) in [4.78, 5) is 5.48. The molecule has 0 amide bonds. The van der Waals surface area contributed by atoms with Crippen molar-refractivity contribution in [2.24, 2.45) is 0 Å². The van der Waals surface area contributed by atoms with Crippen LogP contribution in [0.4, 0.5) is 34.1 Å². The summed E-state index contributed by atoms with van der Waals surface area (Å²) in [7, 11) is 0. The van der Waals surface area contributed by atoms with Crippen LogP contribution >= 0.6 is 0 Å². The van der Waals surface area contributed by atoms with Gasteiger partial charge >= 0.3 is 0 Å². The topological polar surface area (TPSA) is 11.4 Å². The molecule has 0 unspecified atom stereocenters. The van der Waals surface area contributed by atoms with E-state index in [9.17, 15) is 0 Å². The lowest BCUT2D eigenvalue weighted by atomic mass is 9.33. The van der Waals surface area contributed by atoms with E-state index >= 15 is 0 Å². The highest BCUT2D eigenvalue weighted by molar-refractivity contribution is 7.00. The molecule has 18 rings (SSSR count). The molecule has 0 atom stereocenters.